The summed E-state index contributed by atoms with van der Waals surface area (Å²) in [5.41, 5.74) is 1.84. The van der Waals surface area contributed by atoms with Gasteiger partial charge in [0.1, 0.15) is 0 Å². The highest BCUT2D eigenvalue weighted by atomic mass is 16.3. The molecule has 0 radical (unpaired) electrons. The average molecular weight is 248 g/mol. The third-order valence-electron chi connectivity index (χ3n) is 3.43. The summed E-state index contributed by atoms with van der Waals surface area (Å²) >= 11 is 0. The van der Waals surface area contributed by atoms with Gasteiger partial charge in [-0.25, -0.2) is 0 Å². The third kappa shape index (κ3) is 2.64. The highest BCUT2D eigenvalue weighted by Crippen LogP contribution is 2.23. The van der Waals surface area contributed by atoms with Crippen LogP contribution in [0.2, 0.25) is 0 Å². The molecule has 2 rings (SSSR count). The third-order valence-corrected chi connectivity index (χ3v) is 3.43. The van der Waals surface area contributed by atoms with E-state index in [-0.39, 0.29) is 12.5 Å². The van der Waals surface area contributed by atoms with Crippen LogP contribution < -0.4 is 4.90 Å². The SMILES string of the molecule is CN(C)C(=O)c1ccc(N2CCC(CO)C2)cc1. The quantitative estimate of drug-likeness (QED) is 0.874. The Labute approximate surface area is 108 Å². The summed E-state index contributed by atoms with van der Waals surface area (Å²) in [6.07, 6.45) is 1.04. The summed E-state index contributed by atoms with van der Waals surface area (Å²) in [6.45, 7) is 2.14. The molecule has 1 heterocycles. The molecular weight excluding hydrogens is 228 g/mol. The van der Waals surface area contributed by atoms with Crippen LogP contribution in [-0.2, 0) is 0 Å². The molecule has 1 N–H and O–H groups in total. The summed E-state index contributed by atoms with van der Waals surface area (Å²) in [7, 11) is 3.51. The van der Waals surface area contributed by atoms with E-state index < -0.39 is 0 Å². The molecular formula is C14H20N2O2. The number of hydrogen-bond acceptors (Lipinski definition) is 3. The lowest BCUT2D eigenvalue weighted by Gasteiger charge is -2.19. The van der Waals surface area contributed by atoms with Gasteiger partial charge in [-0.1, -0.05) is 0 Å². The average Bonchev–Trinajstić information content (AvgIpc) is 2.86. The molecule has 1 saturated heterocycles. The van der Waals surface area contributed by atoms with E-state index in [1.54, 1.807) is 19.0 Å². The molecule has 0 aromatic heterocycles. The zero-order valence-electron chi connectivity index (χ0n) is 11.0. The van der Waals surface area contributed by atoms with Gasteiger partial charge < -0.3 is 14.9 Å². The van der Waals surface area contributed by atoms with Gasteiger partial charge in [0, 0.05) is 51.0 Å². The number of nitrogens with zero attached hydrogens (tertiary/aromatic N) is 2. The van der Waals surface area contributed by atoms with Crippen molar-refractivity contribution >= 4 is 11.6 Å². The first kappa shape index (κ1) is 12.9. The van der Waals surface area contributed by atoms with E-state index >= 15 is 0 Å². The normalized spacial score (nSPS) is 19.1. The molecule has 0 saturated carbocycles. The summed E-state index contributed by atoms with van der Waals surface area (Å²) in [5, 5.41) is 9.13. The molecule has 1 aliphatic heterocycles. The van der Waals surface area contributed by atoms with E-state index in [1.165, 1.54) is 0 Å². The number of hydrogen-bond donors (Lipinski definition) is 1. The van der Waals surface area contributed by atoms with Gasteiger partial charge in [0.25, 0.3) is 5.91 Å². The second-order valence-corrected chi connectivity index (χ2v) is 5.03. The van der Waals surface area contributed by atoms with Crippen LogP contribution in [0.15, 0.2) is 24.3 Å². The van der Waals surface area contributed by atoms with Crippen LogP contribution in [0.5, 0.6) is 0 Å². The van der Waals surface area contributed by atoms with E-state index in [0.717, 1.165) is 25.2 Å². The number of aliphatic hydroxyl groups is 1. The zero-order chi connectivity index (χ0) is 13.1. The Hall–Kier alpha value is -1.55. The van der Waals surface area contributed by atoms with E-state index in [0.29, 0.717) is 11.5 Å². The number of benzene rings is 1. The van der Waals surface area contributed by atoms with Crippen LogP contribution in [0.4, 0.5) is 5.69 Å². The zero-order valence-corrected chi connectivity index (χ0v) is 11.0. The monoisotopic (exact) mass is 248 g/mol. The molecule has 1 atom stereocenters. The van der Waals surface area contributed by atoms with Crippen molar-refractivity contribution in [2.24, 2.45) is 5.92 Å². The van der Waals surface area contributed by atoms with Gasteiger partial charge in [0.15, 0.2) is 0 Å². The molecule has 4 heteroatoms. The molecule has 1 fully saturated rings. The number of carbonyl (C=O) groups is 1. The Morgan fingerprint density at radius 2 is 2.06 bits per heavy atom. The molecule has 1 amide bonds. The van der Waals surface area contributed by atoms with E-state index in [2.05, 4.69) is 4.90 Å². The minimum atomic E-state index is 0.0243. The lowest BCUT2D eigenvalue weighted by molar-refractivity contribution is 0.0827. The number of aliphatic hydroxyl groups excluding tert-OH is 1. The van der Waals surface area contributed by atoms with Crippen molar-refractivity contribution in [3.05, 3.63) is 29.8 Å². The van der Waals surface area contributed by atoms with E-state index in [9.17, 15) is 4.79 Å². The van der Waals surface area contributed by atoms with Crippen LogP contribution in [0.25, 0.3) is 0 Å². The Morgan fingerprint density at radius 1 is 1.39 bits per heavy atom. The van der Waals surface area contributed by atoms with Crippen molar-refractivity contribution in [2.75, 3.05) is 38.7 Å². The maximum atomic E-state index is 11.8. The standard InChI is InChI=1S/C14H20N2O2/c1-15(2)14(18)12-3-5-13(6-4-12)16-8-7-11(9-16)10-17/h3-6,11,17H,7-10H2,1-2H3. The fourth-order valence-electron chi connectivity index (χ4n) is 2.29. The largest absolute Gasteiger partial charge is 0.396 e. The van der Waals surface area contributed by atoms with Crippen LogP contribution in [0.1, 0.15) is 16.8 Å². The highest BCUT2D eigenvalue weighted by Gasteiger charge is 2.21. The summed E-state index contributed by atoms with van der Waals surface area (Å²) < 4.78 is 0. The fourth-order valence-corrected chi connectivity index (χ4v) is 2.29. The molecule has 18 heavy (non-hydrogen) atoms. The maximum absolute atomic E-state index is 11.8. The predicted molar refractivity (Wildman–Crippen MR) is 71.9 cm³/mol. The predicted octanol–water partition coefficient (Wildman–Crippen LogP) is 1.21. The molecule has 4 nitrogen and oxygen atoms in total. The molecule has 98 valence electrons. The van der Waals surface area contributed by atoms with Crippen molar-refractivity contribution < 1.29 is 9.90 Å². The summed E-state index contributed by atoms with van der Waals surface area (Å²) in [4.78, 5) is 15.6. The fraction of sp³-hybridized carbons (Fsp3) is 0.500. The molecule has 1 aliphatic rings. The van der Waals surface area contributed by atoms with Crippen LogP contribution in [0.3, 0.4) is 0 Å². The molecule has 0 bridgehead atoms. The number of rotatable bonds is 3. The summed E-state index contributed by atoms with van der Waals surface area (Å²) in [6, 6.07) is 7.70. The Kier molecular flexibility index (Phi) is 3.87. The molecule has 1 unspecified atom stereocenters. The van der Waals surface area contributed by atoms with Gasteiger partial charge >= 0.3 is 0 Å². The summed E-state index contributed by atoms with van der Waals surface area (Å²) in [5.74, 6) is 0.407. The minimum Gasteiger partial charge on any atom is -0.396 e. The molecule has 0 spiro atoms. The lowest BCUT2D eigenvalue weighted by Crippen LogP contribution is -2.22. The second-order valence-electron chi connectivity index (χ2n) is 5.03. The van der Waals surface area contributed by atoms with Gasteiger partial charge in [-0.05, 0) is 30.7 Å². The number of carbonyl (C=O) groups excluding carboxylic acids is 1. The van der Waals surface area contributed by atoms with Crippen LogP contribution in [0, 0.1) is 5.92 Å². The molecule has 1 aromatic carbocycles. The first-order valence-electron chi connectivity index (χ1n) is 6.29. The molecule has 1 aromatic rings. The van der Waals surface area contributed by atoms with Crippen molar-refractivity contribution in [1.82, 2.24) is 4.90 Å². The van der Waals surface area contributed by atoms with Gasteiger partial charge in [-0.3, -0.25) is 4.79 Å². The lowest BCUT2D eigenvalue weighted by atomic mass is 10.1. The second kappa shape index (κ2) is 5.40. The van der Waals surface area contributed by atoms with Gasteiger partial charge in [-0.2, -0.15) is 0 Å². The topological polar surface area (TPSA) is 43.8 Å². The Bertz CT molecular complexity index is 414. The highest BCUT2D eigenvalue weighted by molar-refractivity contribution is 5.94. The first-order chi connectivity index (χ1) is 8.61. The van der Waals surface area contributed by atoms with Crippen molar-refractivity contribution in [3.63, 3.8) is 0 Å². The van der Waals surface area contributed by atoms with E-state index in [4.69, 9.17) is 5.11 Å². The smallest absolute Gasteiger partial charge is 0.253 e. The van der Waals surface area contributed by atoms with Gasteiger partial charge in [-0.15, -0.1) is 0 Å². The van der Waals surface area contributed by atoms with Gasteiger partial charge in [0.2, 0.25) is 0 Å². The number of amides is 1. The van der Waals surface area contributed by atoms with Crippen molar-refractivity contribution in [1.29, 1.82) is 0 Å². The maximum Gasteiger partial charge on any atom is 0.253 e. The first-order valence-corrected chi connectivity index (χ1v) is 6.29. The van der Waals surface area contributed by atoms with Crippen LogP contribution >= 0.6 is 0 Å². The van der Waals surface area contributed by atoms with Crippen molar-refractivity contribution in [2.45, 2.75) is 6.42 Å². The van der Waals surface area contributed by atoms with Gasteiger partial charge in [0.05, 0.1) is 0 Å². The Morgan fingerprint density at radius 3 is 2.56 bits per heavy atom. The minimum absolute atomic E-state index is 0.0243. The Balaban J connectivity index is 2.06. The number of anilines is 1. The van der Waals surface area contributed by atoms with Crippen LogP contribution in [-0.4, -0.2) is 49.7 Å². The van der Waals surface area contributed by atoms with Crippen molar-refractivity contribution in [3.8, 4) is 0 Å². The van der Waals surface area contributed by atoms with E-state index in [1.807, 2.05) is 24.3 Å². The molecule has 0 aliphatic carbocycles.